The van der Waals surface area contributed by atoms with Crippen LogP contribution in [0.5, 0.6) is 0 Å². The summed E-state index contributed by atoms with van der Waals surface area (Å²) in [6, 6.07) is 9.43. The van der Waals surface area contributed by atoms with Crippen LogP contribution in [-0.2, 0) is 9.59 Å². The van der Waals surface area contributed by atoms with Gasteiger partial charge in [0.2, 0.25) is 11.8 Å². The first-order valence-corrected chi connectivity index (χ1v) is 8.86. The van der Waals surface area contributed by atoms with Crippen LogP contribution < -0.4 is 10.6 Å². The van der Waals surface area contributed by atoms with Crippen LogP contribution in [0.3, 0.4) is 0 Å². The molecule has 0 spiro atoms. The normalized spacial score (nSPS) is 15.8. The zero-order valence-corrected chi connectivity index (χ0v) is 14.1. The minimum atomic E-state index is -0.0214. The number of thiazole rings is 1. The number of rotatable bonds is 5. The minimum Gasteiger partial charge on any atom is -0.325 e. The van der Waals surface area contributed by atoms with Crippen LogP contribution in [0.15, 0.2) is 41.9 Å². The third kappa shape index (κ3) is 4.62. The number of hydrogen-bond donors (Lipinski definition) is 2. The van der Waals surface area contributed by atoms with E-state index >= 15 is 0 Å². The van der Waals surface area contributed by atoms with Crippen molar-refractivity contribution in [3.8, 4) is 0 Å². The molecule has 1 saturated heterocycles. The first kappa shape index (κ1) is 16.6. The number of hydrogen-bond acceptors (Lipinski definition) is 5. The summed E-state index contributed by atoms with van der Waals surface area (Å²) >= 11 is 1.42. The largest absolute Gasteiger partial charge is 0.325 e. The molecule has 24 heavy (non-hydrogen) atoms. The highest BCUT2D eigenvalue weighted by molar-refractivity contribution is 7.13. The summed E-state index contributed by atoms with van der Waals surface area (Å²) in [5.41, 5.74) is 0.806. The van der Waals surface area contributed by atoms with Gasteiger partial charge in [-0.2, -0.15) is 0 Å². The molecule has 126 valence electrons. The number of nitrogens with one attached hydrogen (secondary N) is 2. The Morgan fingerprint density at radius 2 is 1.92 bits per heavy atom. The monoisotopic (exact) mass is 344 g/mol. The van der Waals surface area contributed by atoms with Crippen LogP contribution in [0.25, 0.3) is 0 Å². The van der Waals surface area contributed by atoms with E-state index < -0.39 is 0 Å². The molecule has 3 rings (SSSR count). The number of carbonyl (C=O) groups is 2. The van der Waals surface area contributed by atoms with Crippen molar-refractivity contribution in [2.24, 2.45) is 5.92 Å². The highest BCUT2D eigenvalue weighted by Crippen LogP contribution is 2.20. The van der Waals surface area contributed by atoms with Crippen molar-refractivity contribution in [1.82, 2.24) is 9.88 Å². The van der Waals surface area contributed by atoms with Gasteiger partial charge in [0.1, 0.15) is 0 Å². The van der Waals surface area contributed by atoms with Crippen molar-refractivity contribution >= 4 is 34.0 Å². The SMILES string of the molecule is O=C(CN1CCC(C(=O)Nc2nccs2)CC1)Nc1ccccc1. The number of para-hydroxylation sites is 1. The molecular weight excluding hydrogens is 324 g/mol. The molecule has 1 fully saturated rings. The van der Waals surface area contributed by atoms with E-state index in [4.69, 9.17) is 0 Å². The van der Waals surface area contributed by atoms with Gasteiger partial charge in [-0.3, -0.25) is 14.5 Å². The lowest BCUT2D eigenvalue weighted by molar-refractivity contribution is -0.121. The van der Waals surface area contributed by atoms with E-state index in [1.54, 1.807) is 6.20 Å². The number of carbonyl (C=O) groups excluding carboxylic acids is 2. The fourth-order valence-corrected chi connectivity index (χ4v) is 3.30. The maximum atomic E-state index is 12.2. The smallest absolute Gasteiger partial charge is 0.238 e. The van der Waals surface area contributed by atoms with E-state index in [0.29, 0.717) is 11.7 Å². The van der Waals surface area contributed by atoms with Gasteiger partial charge in [-0.15, -0.1) is 11.3 Å². The van der Waals surface area contributed by atoms with Gasteiger partial charge in [-0.25, -0.2) is 4.98 Å². The number of piperidine rings is 1. The Kier molecular flexibility index (Phi) is 5.55. The quantitative estimate of drug-likeness (QED) is 0.874. The zero-order valence-electron chi connectivity index (χ0n) is 13.3. The second-order valence-corrected chi connectivity index (χ2v) is 6.69. The van der Waals surface area contributed by atoms with Gasteiger partial charge in [0.25, 0.3) is 0 Å². The van der Waals surface area contributed by atoms with Crippen LogP contribution in [0.1, 0.15) is 12.8 Å². The van der Waals surface area contributed by atoms with Crippen molar-refractivity contribution in [2.45, 2.75) is 12.8 Å². The Morgan fingerprint density at radius 3 is 2.58 bits per heavy atom. The second-order valence-electron chi connectivity index (χ2n) is 5.79. The molecule has 0 bridgehead atoms. The summed E-state index contributed by atoms with van der Waals surface area (Å²) in [6.07, 6.45) is 3.19. The number of benzene rings is 1. The molecule has 1 aliphatic heterocycles. The van der Waals surface area contributed by atoms with Gasteiger partial charge >= 0.3 is 0 Å². The molecule has 6 nitrogen and oxygen atoms in total. The summed E-state index contributed by atoms with van der Waals surface area (Å²) in [5, 5.41) is 8.22. The van der Waals surface area contributed by atoms with Gasteiger partial charge in [0.05, 0.1) is 6.54 Å². The van der Waals surface area contributed by atoms with Crippen LogP contribution in [0.2, 0.25) is 0 Å². The van der Waals surface area contributed by atoms with E-state index in [2.05, 4.69) is 20.5 Å². The Hall–Kier alpha value is -2.25. The Morgan fingerprint density at radius 1 is 1.17 bits per heavy atom. The molecule has 1 aliphatic rings. The van der Waals surface area contributed by atoms with Crippen LogP contribution in [0.4, 0.5) is 10.8 Å². The molecule has 0 atom stereocenters. The molecule has 0 radical (unpaired) electrons. The molecule has 7 heteroatoms. The van der Waals surface area contributed by atoms with Gasteiger partial charge in [0, 0.05) is 23.2 Å². The highest BCUT2D eigenvalue weighted by Gasteiger charge is 2.26. The predicted molar refractivity (Wildman–Crippen MR) is 95.0 cm³/mol. The standard InChI is InChI=1S/C17H20N4O2S/c22-15(19-14-4-2-1-3-5-14)12-21-9-6-13(7-10-21)16(23)20-17-18-8-11-24-17/h1-5,8,11,13H,6-7,9-10,12H2,(H,19,22)(H,18,20,23). The molecule has 2 heterocycles. The third-order valence-corrected chi connectivity index (χ3v) is 4.73. The molecular formula is C17H20N4O2S. The Balaban J connectivity index is 1.41. The summed E-state index contributed by atoms with van der Waals surface area (Å²) in [4.78, 5) is 30.4. The number of likely N-dealkylation sites (tertiary alicyclic amines) is 1. The van der Waals surface area contributed by atoms with Crippen molar-refractivity contribution in [2.75, 3.05) is 30.3 Å². The van der Waals surface area contributed by atoms with E-state index in [0.717, 1.165) is 31.6 Å². The lowest BCUT2D eigenvalue weighted by Crippen LogP contribution is -2.41. The molecule has 2 aromatic rings. The topological polar surface area (TPSA) is 74.3 Å². The minimum absolute atomic E-state index is 0.0117. The van der Waals surface area contributed by atoms with E-state index in [9.17, 15) is 9.59 Å². The maximum Gasteiger partial charge on any atom is 0.238 e. The first-order chi connectivity index (χ1) is 11.7. The first-order valence-electron chi connectivity index (χ1n) is 7.98. The second kappa shape index (κ2) is 8.03. The zero-order chi connectivity index (χ0) is 16.8. The highest BCUT2D eigenvalue weighted by atomic mass is 32.1. The maximum absolute atomic E-state index is 12.2. The van der Waals surface area contributed by atoms with E-state index in [-0.39, 0.29) is 17.7 Å². The molecule has 1 aromatic heterocycles. The average Bonchev–Trinajstić information content (AvgIpc) is 3.09. The molecule has 0 aliphatic carbocycles. The molecule has 0 unspecified atom stereocenters. The van der Waals surface area contributed by atoms with E-state index in [1.165, 1.54) is 11.3 Å². The predicted octanol–water partition coefficient (Wildman–Crippen LogP) is 2.43. The summed E-state index contributed by atoms with van der Waals surface area (Å²) < 4.78 is 0. The summed E-state index contributed by atoms with van der Waals surface area (Å²) in [6.45, 7) is 1.85. The molecule has 0 saturated carbocycles. The van der Waals surface area contributed by atoms with Crippen LogP contribution in [-0.4, -0.2) is 41.3 Å². The van der Waals surface area contributed by atoms with Crippen molar-refractivity contribution < 1.29 is 9.59 Å². The number of amides is 2. The van der Waals surface area contributed by atoms with Crippen LogP contribution >= 0.6 is 11.3 Å². The van der Waals surface area contributed by atoms with Gasteiger partial charge in [-0.1, -0.05) is 18.2 Å². The van der Waals surface area contributed by atoms with Gasteiger partial charge < -0.3 is 10.6 Å². The van der Waals surface area contributed by atoms with Crippen molar-refractivity contribution in [1.29, 1.82) is 0 Å². The average molecular weight is 344 g/mol. The number of aromatic nitrogens is 1. The fraction of sp³-hybridized carbons (Fsp3) is 0.353. The lowest BCUT2D eigenvalue weighted by Gasteiger charge is -2.30. The summed E-state index contributed by atoms with van der Waals surface area (Å²) in [5.74, 6) is -0.00689. The lowest BCUT2D eigenvalue weighted by atomic mass is 9.96. The molecule has 2 amide bonds. The third-order valence-electron chi connectivity index (χ3n) is 4.05. The van der Waals surface area contributed by atoms with Crippen molar-refractivity contribution in [3.63, 3.8) is 0 Å². The summed E-state index contributed by atoms with van der Waals surface area (Å²) in [7, 11) is 0. The number of nitrogens with zero attached hydrogens (tertiary/aromatic N) is 2. The van der Waals surface area contributed by atoms with E-state index in [1.807, 2.05) is 35.7 Å². The molecule has 1 aromatic carbocycles. The Bertz CT molecular complexity index is 667. The Labute approximate surface area is 144 Å². The van der Waals surface area contributed by atoms with Gasteiger partial charge in [0.15, 0.2) is 5.13 Å². The fourth-order valence-electron chi connectivity index (χ4n) is 2.77. The van der Waals surface area contributed by atoms with Gasteiger partial charge in [-0.05, 0) is 38.1 Å². The van der Waals surface area contributed by atoms with Crippen LogP contribution in [0, 0.1) is 5.92 Å². The molecule has 2 N–H and O–H groups in total. The number of anilines is 2. The van der Waals surface area contributed by atoms with Crippen molar-refractivity contribution in [3.05, 3.63) is 41.9 Å².